The second kappa shape index (κ2) is 8.67. The third kappa shape index (κ3) is 4.28. The van der Waals surface area contributed by atoms with Crippen LogP contribution in [0.1, 0.15) is 43.9 Å². The van der Waals surface area contributed by atoms with Crippen molar-refractivity contribution in [3.05, 3.63) is 59.9 Å². The van der Waals surface area contributed by atoms with Gasteiger partial charge in [-0.25, -0.2) is 0 Å². The Morgan fingerprint density at radius 1 is 1.12 bits per heavy atom. The van der Waals surface area contributed by atoms with Crippen LogP contribution in [-0.4, -0.2) is 22.8 Å². The molecular weight excluding hydrogens is 443 g/mol. The molecule has 1 aromatic heterocycles. The van der Waals surface area contributed by atoms with Crippen molar-refractivity contribution >= 4 is 17.8 Å². The average Bonchev–Trinajstić information content (AvgIpc) is 3.09. The van der Waals surface area contributed by atoms with Crippen LogP contribution >= 0.6 is 0 Å². The number of Topliss-reactive ketones (excluding diaryl/α,β-unsaturated/α-hetero) is 1. The molecule has 0 spiro atoms. The summed E-state index contributed by atoms with van der Waals surface area (Å²) in [6.45, 7) is 1.94. The molecule has 4 nitrogen and oxygen atoms in total. The highest BCUT2D eigenvalue weighted by Crippen LogP contribution is 2.53. The maximum Gasteiger partial charge on any atom is 0.416 e. The minimum atomic E-state index is -4.39. The number of hydrogen-bond acceptors (Lipinski definition) is 4. The number of benzene rings is 1. The topological polar surface area (TPSA) is 56.3 Å². The quantitative estimate of drug-likeness (QED) is 0.520. The number of fused-ring (bicyclic) bond motifs is 2. The van der Waals surface area contributed by atoms with Gasteiger partial charge >= 0.3 is 12.1 Å². The molecule has 1 aliphatic heterocycles. The number of hydrogen-bond donors (Lipinski definition) is 0. The van der Waals surface area contributed by atoms with Gasteiger partial charge in [0.05, 0.1) is 17.2 Å². The van der Waals surface area contributed by atoms with E-state index < -0.39 is 11.7 Å². The highest BCUT2D eigenvalue weighted by atomic mass is 19.4. The smallest absolute Gasteiger partial charge is 0.416 e. The predicted molar refractivity (Wildman–Crippen MR) is 120 cm³/mol. The summed E-state index contributed by atoms with van der Waals surface area (Å²) in [6.07, 6.45) is 3.70. The molecule has 3 fully saturated rings. The molecule has 2 heterocycles. The van der Waals surface area contributed by atoms with Crippen molar-refractivity contribution in [2.24, 2.45) is 29.6 Å². The SMILES string of the molecule is C[C@H]1OC(=O)C2CC3CC(=O)CCC3C(C=Cc3ccc(-c4cccc(C(F)(F)F)c4)cn3)C21. The van der Waals surface area contributed by atoms with Crippen LogP contribution in [0.25, 0.3) is 17.2 Å². The number of pyridine rings is 1. The van der Waals surface area contributed by atoms with Crippen LogP contribution in [0.5, 0.6) is 0 Å². The summed E-state index contributed by atoms with van der Waals surface area (Å²) in [6, 6.07) is 8.75. The van der Waals surface area contributed by atoms with Gasteiger partial charge in [-0.2, -0.15) is 13.2 Å². The molecule has 1 aromatic carbocycles. The van der Waals surface area contributed by atoms with Crippen LogP contribution in [0.4, 0.5) is 13.2 Å². The first-order chi connectivity index (χ1) is 16.2. The molecule has 2 aromatic rings. The molecule has 7 heteroatoms. The fraction of sp³-hybridized carbons (Fsp3) is 0.444. The number of allylic oxidation sites excluding steroid dienone is 1. The van der Waals surface area contributed by atoms with Crippen molar-refractivity contribution in [1.29, 1.82) is 0 Å². The van der Waals surface area contributed by atoms with E-state index >= 15 is 0 Å². The summed E-state index contributed by atoms with van der Waals surface area (Å²) in [5.41, 5.74) is 1.07. The molecule has 0 N–H and O–H groups in total. The minimum absolute atomic E-state index is 0.0857. The van der Waals surface area contributed by atoms with E-state index in [0.29, 0.717) is 35.6 Å². The summed E-state index contributed by atoms with van der Waals surface area (Å²) >= 11 is 0. The molecule has 0 amide bonds. The lowest BCUT2D eigenvalue weighted by molar-refractivity contribution is -0.145. The number of nitrogens with zero attached hydrogens (tertiary/aromatic N) is 1. The van der Waals surface area contributed by atoms with Gasteiger partial charge in [-0.15, -0.1) is 0 Å². The number of carbonyl (C=O) groups is 2. The predicted octanol–water partition coefficient (Wildman–Crippen LogP) is 5.96. The molecule has 2 aliphatic carbocycles. The van der Waals surface area contributed by atoms with Crippen molar-refractivity contribution in [3.63, 3.8) is 0 Å². The van der Waals surface area contributed by atoms with Crippen LogP contribution in [0.15, 0.2) is 48.7 Å². The molecule has 3 aliphatic rings. The number of esters is 1. The van der Waals surface area contributed by atoms with Crippen LogP contribution in [0.2, 0.25) is 0 Å². The molecule has 5 unspecified atom stereocenters. The molecule has 6 atom stereocenters. The number of cyclic esters (lactones) is 1. The molecule has 0 bridgehead atoms. The number of aromatic nitrogens is 1. The second-order valence-electron chi connectivity index (χ2n) is 9.75. The lowest BCUT2D eigenvalue weighted by atomic mass is 9.57. The molecule has 178 valence electrons. The summed E-state index contributed by atoms with van der Waals surface area (Å²) in [7, 11) is 0. The van der Waals surface area contributed by atoms with Crippen LogP contribution < -0.4 is 0 Å². The number of carbonyl (C=O) groups excluding carboxylic acids is 2. The van der Waals surface area contributed by atoms with Crippen LogP contribution in [0, 0.1) is 29.6 Å². The average molecular weight is 470 g/mol. The Bertz CT molecular complexity index is 1120. The Hall–Kier alpha value is -2.96. The van der Waals surface area contributed by atoms with Crippen molar-refractivity contribution in [2.45, 2.75) is 44.9 Å². The van der Waals surface area contributed by atoms with Gasteiger partial charge in [0.2, 0.25) is 0 Å². The van der Waals surface area contributed by atoms with Gasteiger partial charge in [-0.05, 0) is 67.4 Å². The molecule has 1 saturated heterocycles. The van der Waals surface area contributed by atoms with Crippen LogP contribution in [-0.2, 0) is 20.5 Å². The van der Waals surface area contributed by atoms with Gasteiger partial charge in [-0.3, -0.25) is 14.6 Å². The van der Waals surface area contributed by atoms with Gasteiger partial charge in [0.15, 0.2) is 0 Å². The van der Waals surface area contributed by atoms with Crippen molar-refractivity contribution in [2.75, 3.05) is 0 Å². The van der Waals surface area contributed by atoms with Gasteiger partial charge < -0.3 is 4.74 Å². The van der Waals surface area contributed by atoms with E-state index in [1.807, 2.05) is 13.0 Å². The molecule has 5 rings (SSSR count). The Balaban J connectivity index is 1.38. The largest absolute Gasteiger partial charge is 0.462 e. The van der Waals surface area contributed by atoms with E-state index in [0.717, 1.165) is 25.0 Å². The molecule has 0 radical (unpaired) electrons. The number of ether oxygens (including phenoxy) is 1. The lowest BCUT2D eigenvalue weighted by Crippen LogP contribution is -2.44. The molecule has 34 heavy (non-hydrogen) atoms. The van der Waals surface area contributed by atoms with Gasteiger partial charge in [0.1, 0.15) is 11.9 Å². The zero-order valence-corrected chi connectivity index (χ0v) is 18.8. The van der Waals surface area contributed by atoms with E-state index in [1.54, 1.807) is 24.4 Å². The minimum Gasteiger partial charge on any atom is -0.462 e. The number of alkyl halides is 3. The summed E-state index contributed by atoms with van der Waals surface area (Å²) in [5, 5.41) is 0. The Kier molecular flexibility index (Phi) is 5.82. The Morgan fingerprint density at radius 2 is 1.94 bits per heavy atom. The monoisotopic (exact) mass is 469 g/mol. The lowest BCUT2D eigenvalue weighted by Gasteiger charge is -2.45. The fourth-order valence-electron chi connectivity index (χ4n) is 6.18. The van der Waals surface area contributed by atoms with Crippen molar-refractivity contribution < 1.29 is 27.5 Å². The summed E-state index contributed by atoms with van der Waals surface area (Å²) < 4.78 is 44.7. The van der Waals surface area contributed by atoms with Gasteiger partial charge in [0, 0.05) is 30.5 Å². The Morgan fingerprint density at radius 3 is 2.68 bits per heavy atom. The zero-order valence-electron chi connectivity index (χ0n) is 18.8. The van der Waals surface area contributed by atoms with Gasteiger partial charge in [-0.1, -0.05) is 24.3 Å². The summed E-state index contributed by atoms with van der Waals surface area (Å²) in [5.74, 6) is 0.672. The maximum atomic E-state index is 13.0. The molecular formula is C27H26F3NO3. The fourth-order valence-corrected chi connectivity index (χ4v) is 6.18. The van der Waals surface area contributed by atoms with Crippen molar-refractivity contribution in [1.82, 2.24) is 4.98 Å². The summed E-state index contributed by atoms with van der Waals surface area (Å²) in [4.78, 5) is 28.9. The van der Waals surface area contributed by atoms with Crippen LogP contribution in [0.3, 0.4) is 0 Å². The standard InChI is InChI=1S/C27H26F3NO3/c1-15-25-23(22-10-8-21(32)12-18(22)13-24(25)26(33)34-15)9-7-20-6-5-17(14-31-20)16-3-2-4-19(11-16)27(28,29)30/h2-7,9,11,14-15,18,22-25H,8,10,12-13H2,1H3/t15-,18?,22?,23?,24?,25?/m1/s1. The first-order valence-electron chi connectivity index (χ1n) is 11.7. The first kappa shape index (κ1) is 22.8. The normalized spacial score (nSPS) is 31.3. The van der Waals surface area contributed by atoms with Crippen molar-refractivity contribution in [3.8, 4) is 11.1 Å². The number of ketones is 1. The third-order valence-corrected chi connectivity index (χ3v) is 7.76. The Labute approximate surface area is 196 Å². The van der Waals surface area contributed by atoms with E-state index in [1.165, 1.54) is 6.07 Å². The second-order valence-corrected chi connectivity index (χ2v) is 9.75. The van der Waals surface area contributed by atoms with Gasteiger partial charge in [0.25, 0.3) is 0 Å². The number of halogens is 3. The highest BCUT2D eigenvalue weighted by Gasteiger charge is 2.54. The maximum absolute atomic E-state index is 13.0. The van der Waals surface area contributed by atoms with E-state index in [2.05, 4.69) is 11.1 Å². The van der Waals surface area contributed by atoms with E-state index in [-0.39, 0.29) is 41.5 Å². The van der Waals surface area contributed by atoms with E-state index in [9.17, 15) is 22.8 Å². The highest BCUT2D eigenvalue weighted by molar-refractivity contribution is 5.80. The first-order valence-corrected chi connectivity index (χ1v) is 11.7. The zero-order chi connectivity index (χ0) is 24.0. The number of rotatable bonds is 3. The van der Waals surface area contributed by atoms with E-state index in [4.69, 9.17) is 4.74 Å². The molecule has 2 saturated carbocycles. The third-order valence-electron chi connectivity index (χ3n) is 7.76.